The third-order valence-electron chi connectivity index (χ3n) is 2.45. The lowest BCUT2D eigenvalue weighted by atomic mass is 10.1. The minimum atomic E-state index is -0.346. The molecule has 2 aromatic rings. The summed E-state index contributed by atoms with van der Waals surface area (Å²) in [7, 11) is 1.45. The lowest BCUT2D eigenvalue weighted by molar-refractivity contribution is 0.102. The van der Waals surface area contributed by atoms with Crippen molar-refractivity contribution in [3.05, 3.63) is 46.6 Å². The number of benzene rings is 1. The van der Waals surface area contributed by atoms with Crippen LogP contribution in [0.2, 0.25) is 5.15 Å². The van der Waals surface area contributed by atoms with E-state index in [1.165, 1.54) is 13.2 Å². The molecule has 104 valence electrons. The van der Waals surface area contributed by atoms with Crippen LogP contribution in [-0.4, -0.2) is 23.0 Å². The molecule has 0 unspecified atom stereocenters. The Kier molecular flexibility index (Phi) is 4.76. The molecule has 0 saturated carbocycles. The second-order valence-corrected chi connectivity index (χ2v) is 4.50. The number of nitrogens with one attached hydrogen (secondary N) is 1. The van der Waals surface area contributed by atoms with Crippen molar-refractivity contribution in [3.8, 4) is 5.88 Å². The number of methoxy groups -OCH3 is 1. The molecule has 0 fully saturated rings. The fourth-order valence-corrected chi connectivity index (χ4v) is 1.87. The molecule has 1 aromatic heterocycles. The van der Waals surface area contributed by atoms with Crippen molar-refractivity contribution >= 4 is 35.1 Å². The van der Waals surface area contributed by atoms with Crippen molar-refractivity contribution in [3.63, 3.8) is 0 Å². The minimum absolute atomic E-state index is 0.0793. The van der Waals surface area contributed by atoms with Gasteiger partial charge in [-0.15, -0.1) is 11.6 Å². The van der Waals surface area contributed by atoms with E-state index in [1.807, 2.05) is 6.07 Å². The summed E-state index contributed by atoms with van der Waals surface area (Å²) in [5, 5.41) is 2.74. The van der Waals surface area contributed by atoms with Crippen molar-refractivity contribution in [2.45, 2.75) is 5.88 Å². The highest BCUT2D eigenvalue weighted by Gasteiger charge is 2.10. The first-order valence-electron chi connectivity index (χ1n) is 5.67. The van der Waals surface area contributed by atoms with Crippen LogP contribution in [0.5, 0.6) is 5.88 Å². The Morgan fingerprint density at radius 1 is 1.35 bits per heavy atom. The summed E-state index contributed by atoms with van der Waals surface area (Å²) in [5.74, 6) is 0.342. The fourth-order valence-electron chi connectivity index (χ4n) is 1.53. The van der Waals surface area contributed by atoms with Gasteiger partial charge in [0.1, 0.15) is 5.15 Å². The van der Waals surface area contributed by atoms with Crippen molar-refractivity contribution in [2.24, 2.45) is 0 Å². The van der Waals surface area contributed by atoms with Gasteiger partial charge in [-0.25, -0.2) is 4.98 Å². The zero-order valence-corrected chi connectivity index (χ0v) is 12.1. The van der Waals surface area contributed by atoms with Crippen LogP contribution in [0.15, 0.2) is 30.3 Å². The number of hydrogen-bond acceptors (Lipinski definition) is 4. The van der Waals surface area contributed by atoms with Gasteiger partial charge in [-0.3, -0.25) is 10.1 Å². The lowest BCUT2D eigenvalue weighted by Crippen LogP contribution is -2.14. The van der Waals surface area contributed by atoms with E-state index in [-0.39, 0.29) is 22.9 Å². The molecule has 1 aromatic carbocycles. The van der Waals surface area contributed by atoms with Crippen LogP contribution in [0.3, 0.4) is 0 Å². The van der Waals surface area contributed by atoms with Crippen molar-refractivity contribution in [2.75, 3.05) is 12.4 Å². The van der Waals surface area contributed by atoms with E-state index in [0.717, 1.165) is 5.56 Å². The topological polar surface area (TPSA) is 64.1 Å². The number of alkyl halides is 1. The first-order valence-corrected chi connectivity index (χ1v) is 6.58. The van der Waals surface area contributed by atoms with Gasteiger partial charge in [0.05, 0.1) is 7.11 Å². The zero-order valence-electron chi connectivity index (χ0n) is 10.6. The molecule has 2 rings (SSSR count). The number of aromatic nitrogens is 2. The molecular weight excluding hydrogens is 301 g/mol. The summed E-state index contributed by atoms with van der Waals surface area (Å²) in [5.41, 5.74) is 1.31. The van der Waals surface area contributed by atoms with Gasteiger partial charge in [0.15, 0.2) is 0 Å². The molecule has 1 N–H and O–H groups in total. The van der Waals surface area contributed by atoms with Crippen LogP contribution < -0.4 is 10.1 Å². The van der Waals surface area contributed by atoms with Gasteiger partial charge in [-0.1, -0.05) is 23.7 Å². The molecule has 0 aliphatic carbocycles. The molecule has 0 saturated heterocycles. The van der Waals surface area contributed by atoms with Gasteiger partial charge in [-0.05, 0) is 17.7 Å². The molecule has 0 aliphatic rings. The molecular formula is C13H11Cl2N3O2. The van der Waals surface area contributed by atoms with E-state index in [1.54, 1.807) is 18.2 Å². The van der Waals surface area contributed by atoms with Gasteiger partial charge in [0.2, 0.25) is 11.8 Å². The van der Waals surface area contributed by atoms with Gasteiger partial charge in [0, 0.05) is 17.5 Å². The predicted octanol–water partition coefficient (Wildman–Crippen LogP) is 3.13. The molecule has 0 aliphatic heterocycles. The summed E-state index contributed by atoms with van der Waals surface area (Å²) in [6, 6.07) is 8.41. The van der Waals surface area contributed by atoms with Crippen LogP contribution in [0.25, 0.3) is 0 Å². The average Bonchev–Trinajstić information content (AvgIpc) is 2.46. The molecule has 5 nitrogen and oxygen atoms in total. The predicted molar refractivity (Wildman–Crippen MR) is 77.5 cm³/mol. The van der Waals surface area contributed by atoms with Gasteiger partial charge >= 0.3 is 0 Å². The summed E-state index contributed by atoms with van der Waals surface area (Å²) in [6.45, 7) is 0. The normalized spacial score (nSPS) is 10.2. The van der Waals surface area contributed by atoms with E-state index < -0.39 is 0 Å². The third kappa shape index (κ3) is 3.59. The number of carbonyl (C=O) groups excluding carboxylic acids is 1. The highest BCUT2D eigenvalue weighted by Crippen LogP contribution is 2.16. The molecule has 7 heteroatoms. The highest BCUT2D eigenvalue weighted by molar-refractivity contribution is 6.29. The molecule has 0 bridgehead atoms. The largest absolute Gasteiger partial charge is 0.481 e. The Morgan fingerprint density at radius 3 is 2.85 bits per heavy atom. The van der Waals surface area contributed by atoms with Crippen LogP contribution >= 0.6 is 23.2 Å². The number of nitrogens with zero attached hydrogens (tertiary/aromatic N) is 2. The quantitative estimate of drug-likeness (QED) is 0.696. The van der Waals surface area contributed by atoms with Gasteiger partial charge in [0.25, 0.3) is 5.91 Å². The second-order valence-electron chi connectivity index (χ2n) is 3.84. The summed E-state index contributed by atoms with van der Waals surface area (Å²) >= 11 is 11.5. The highest BCUT2D eigenvalue weighted by atomic mass is 35.5. The molecule has 0 spiro atoms. The number of hydrogen-bond donors (Lipinski definition) is 1. The summed E-state index contributed by atoms with van der Waals surface area (Å²) in [4.78, 5) is 20.0. The SMILES string of the molecule is COc1cc(Cl)nc(NC(=O)c2cccc(CCl)c2)n1. The van der Waals surface area contributed by atoms with E-state index >= 15 is 0 Å². The average molecular weight is 312 g/mol. The Balaban J connectivity index is 2.20. The number of ether oxygens (including phenoxy) is 1. The zero-order chi connectivity index (χ0) is 14.5. The van der Waals surface area contributed by atoms with Crippen LogP contribution in [0.1, 0.15) is 15.9 Å². The third-order valence-corrected chi connectivity index (χ3v) is 2.95. The van der Waals surface area contributed by atoms with Crippen LogP contribution in [0.4, 0.5) is 5.95 Å². The second kappa shape index (κ2) is 6.54. The summed E-state index contributed by atoms with van der Waals surface area (Å²) in [6.07, 6.45) is 0. The summed E-state index contributed by atoms with van der Waals surface area (Å²) < 4.78 is 4.96. The fraction of sp³-hybridized carbons (Fsp3) is 0.154. The van der Waals surface area contributed by atoms with E-state index in [4.69, 9.17) is 27.9 Å². The molecule has 1 heterocycles. The number of anilines is 1. The molecule has 0 radical (unpaired) electrons. The van der Waals surface area contributed by atoms with Gasteiger partial charge < -0.3 is 4.74 Å². The van der Waals surface area contributed by atoms with Crippen LogP contribution in [0, 0.1) is 0 Å². The Labute approximate surface area is 125 Å². The smallest absolute Gasteiger partial charge is 0.258 e. The molecule has 20 heavy (non-hydrogen) atoms. The Bertz CT molecular complexity index is 635. The van der Waals surface area contributed by atoms with Crippen LogP contribution in [-0.2, 0) is 5.88 Å². The standard InChI is InChI=1S/C13H11Cl2N3O2/c1-20-11-6-10(15)16-13(17-11)18-12(19)9-4-2-3-8(5-9)7-14/h2-6H,7H2,1H3,(H,16,17,18,19). The number of amides is 1. The Morgan fingerprint density at radius 2 is 2.15 bits per heavy atom. The van der Waals surface area contributed by atoms with Crippen molar-refractivity contribution in [1.29, 1.82) is 0 Å². The first kappa shape index (κ1) is 14.6. The van der Waals surface area contributed by atoms with Crippen molar-refractivity contribution in [1.82, 2.24) is 9.97 Å². The van der Waals surface area contributed by atoms with E-state index in [9.17, 15) is 4.79 Å². The Hall–Kier alpha value is -1.85. The monoisotopic (exact) mass is 311 g/mol. The van der Waals surface area contributed by atoms with Gasteiger partial charge in [-0.2, -0.15) is 4.98 Å². The maximum absolute atomic E-state index is 12.1. The van der Waals surface area contributed by atoms with E-state index in [2.05, 4.69) is 15.3 Å². The lowest BCUT2D eigenvalue weighted by Gasteiger charge is -2.06. The molecule has 1 amide bonds. The van der Waals surface area contributed by atoms with Crippen molar-refractivity contribution < 1.29 is 9.53 Å². The minimum Gasteiger partial charge on any atom is -0.481 e. The molecule has 0 atom stereocenters. The number of halogens is 2. The maximum atomic E-state index is 12.1. The first-order chi connectivity index (χ1) is 9.62. The number of carbonyl (C=O) groups is 1. The number of rotatable bonds is 4. The van der Waals surface area contributed by atoms with E-state index in [0.29, 0.717) is 11.4 Å². The maximum Gasteiger partial charge on any atom is 0.258 e.